The van der Waals surface area contributed by atoms with Crippen LogP contribution in [0, 0.1) is 6.92 Å². The number of carbonyl (C=O) groups excluding carboxylic acids is 1. The van der Waals surface area contributed by atoms with E-state index in [1.807, 2.05) is 45.0 Å². The summed E-state index contributed by atoms with van der Waals surface area (Å²) in [5, 5.41) is 0. The fourth-order valence-electron chi connectivity index (χ4n) is 2.03. The van der Waals surface area contributed by atoms with Gasteiger partial charge >= 0.3 is 5.97 Å². The average molecular weight is 305 g/mol. The van der Waals surface area contributed by atoms with Gasteiger partial charge in [0.15, 0.2) is 0 Å². The second-order valence-electron chi connectivity index (χ2n) is 4.99. The molecule has 0 saturated carbocycles. The van der Waals surface area contributed by atoms with Crippen LogP contribution in [0.1, 0.15) is 29.1 Å². The summed E-state index contributed by atoms with van der Waals surface area (Å²) in [6.07, 6.45) is 0.111. The van der Waals surface area contributed by atoms with Gasteiger partial charge in [0.05, 0.1) is 18.9 Å². The Morgan fingerprint density at radius 3 is 2.67 bits per heavy atom. The number of nitrogens with two attached hydrogens (primary N) is 1. The Morgan fingerprint density at radius 2 is 2.05 bits per heavy atom. The van der Waals surface area contributed by atoms with Crippen LogP contribution in [0.5, 0.6) is 5.75 Å². The maximum Gasteiger partial charge on any atom is 0.350 e. The molecular formula is C16H19NO3S. The number of carbonyl (C=O) groups is 1. The van der Waals surface area contributed by atoms with Crippen molar-refractivity contribution in [3.63, 3.8) is 0 Å². The lowest BCUT2D eigenvalue weighted by atomic mass is 10.1. The molecule has 1 aromatic heterocycles. The van der Waals surface area contributed by atoms with Crippen LogP contribution in [0.25, 0.3) is 10.4 Å². The van der Waals surface area contributed by atoms with Gasteiger partial charge in [-0.25, -0.2) is 4.79 Å². The number of hydrogen-bond donors (Lipinski definition) is 1. The summed E-state index contributed by atoms with van der Waals surface area (Å²) in [4.78, 5) is 13.1. The molecule has 0 aliphatic carbocycles. The lowest BCUT2D eigenvalue weighted by Gasteiger charge is -2.10. The third-order valence-corrected chi connectivity index (χ3v) is 4.37. The Morgan fingerprint density at radius 1 is 1.33 bits per heavy atom. The van der Waals surface area contributed by atoms with Crippen LogP contribution in [0.3, 0.4) is 0 Å². The Hall–Kier alpha value is -2.01. The first-order chi connectivity index (χ1) is 9.93. The van der Waals surface area contributed by atoms with Crippen molar-refractivity contribution in [3.05, 3.63) is 34.7 Å². The number of hydrogen-bond acceptors (Lipinski definition) is 5. The summed E-state index contributed by atoms with van der Waals surface area (Å²) >= 11 is 1.34. The Bertz CT molecular complexity index is 662. The molecular weight excluding hydrogens is 286 g/mol. The van der Waals surface area contributed by atoms with Crippen molar-refractivity contribution in [1.29, 1.82) is 0 Å². The predicted molar refractivity (Wildman–Crippen MR) is 86.0 cm³/mol. The molecule has 2 aromatic rings. The number of anilines is 1. The summed E-state index contributed by atoms with van der Waals surface area (Å²) in [5.41, 5.74) is 8.37. The lowest BCUT2D eigenvalue weighted by molar-refractivity contribution is 0.0607. The van der Waals surface area contributed by atoms with Crippen LogP contribution >= 0.6 is 11.3 Å². The normalized spacial score (nSPS) is 10.7. The molecule has 0 fully saturated rings. The second-order valence-corrected chi connectivity index (χ2v) is 6.01. The average Bonchev–Trinajstić information content (AvgIpc) is 2.74. The Balaban J connectivity index is 2.45. The van der Waals surface area contributed by atoms with Crippen molar-refractivity contribution in [1.82, 2.24) is 0 Å². The number of thiophene rings is 1. The molecule has 0 radical (unpaired) electrons. The molecule has 0 atom stereocenters. The van der Waals surface area contributed by atoms with E-state index in [2.05, 4.69) is 0 Å². The first-order valence-electron chi connectivity index (χ1n) is 6.68. The van der Waals surface area contributed by atoms with E-state index in [9.17, 15) is 4.79 Å². The molecule has 5 heteroatoms. The van der Waals surface area contributed by atoms with Crippen molar-refractivity contribution >= 4 is 23.0 Å². The van der Waals surface area contributed by atoms with Gasteiger partial charge in [-0.1, -0.05) is 12.1 Å². The zero-order chi connectivity index (χ0) is 15.6. The highest BCUT2D eigenvalue weighted by atomic mass is 32.1. The highest BCUT2D eigenvalue weighted by Crippen LogP contribution is 2.39. The van der Waals surface area contributed by atoms with Crippen LogP contribution in [-0.4, -0.2) is 19.2 Å². The van der Waals surface area contributed by atoms with Gasteiger partial charge in [0.1, 0.15) is 10.6 Å². The summed E-state index contributed by atoms with van der Waals surface area (Å²) in [5.74, 6) is 0.398. The minimum atomic E-state index is -0.401. The van der Waals surface area contributed by atoms with Gasteiger partial charge < -0.3 is 15.2 Å². The van der Waals surface area contributed by atoms with E-state index in [0.29, 0.717) is 10.6 Å². The van der Waals surface area contributed by atoms with E-state index >= 15 is 0 Å². The summed E-state index contributed by atoms with van der Waals surface area (Å²) in [7, 11) is 1.35. The molecule has 1 heterocycles. The topological polar surface area (TPSA) is 61.5 Å². The van der Waals surface area contributed by atoms with Crippen molar-refractivity contribution in [2.24, 2.45) is 0 Å². The Kier molecular flexibility index (Phi) is 4.53. The largest absolute Gasteiger partial charge is 0.491 e. The highest BCUT2D eigenvalue weighted by Gasteiger charge is 2.20. The van der Waals surface area contributed by atoms with Crippen LogP contribution in [0.15, 0.2) is 24.3 Å². The van der Waals surface area contributed by atoms with Crippen LogP contribution in [-0.2, 0) is 4.74 Å². The highest BCUT2D eigenvalue weighted by molar-refractivity contribution is 7.18. The quantitative estimate of drug-likeness (QED) is 0.871. The van der Waals surface area contributed by atoms with Gasteiger partial charge in [0.2, 0.25) is 0 Å². The number of methoxy groups -OCH3 is 1. The summed E-state index contributed by atoms with van der Waals surface area (Å²) in [6.45, 7) is 5.87. The smallest absolute Gasteiger partial charge is 0.350 e. The van der Waals surface area contributed by atoms with Gasteiger partial charge in [-0.2, -0.15) is 0 Å². The van der Waals surface area contributed by atoms with Crippen molar-refractivity contribution in [2.45, 2.75) is 26.9 Å². The van der Waals surface area contributed by atoms with Gasteiger partial charge in [-0.15, -0.1) is 11.3 Å². The molecule has 2 rings (SSSR count). The van der Waals surface area contributed by atoms with Gasteiger partial charge in [0.25, 0.3) is 0 Å². The molecule has 0 aliphatic rings. The summed E-state index contributed by atoms with van der Waals surface area (Å²) < 4.78 is 10.5. The zero-order valence-corrected chi connectivity index (χ0v) is 13.4. The number of rotatable bonds is 4. The van der Waals surface area contributed by atoms with E-state index < -0.39 is 5.97 Å². The lowest BCUT2D eigenvalue weighted by Crippen LogP contribution is -2.05. The zero-order valence-electron chi connectivity index (χ0n) is 12.6. The molecule has 0 spiro atoms. The number of ether oxygens (including phenoxy) is 2. The molecule has 0 saturated heterocycles. The third-order valence-electron chi connectivity index (χ3n) is 3.03. The monoisotopic (exact) mass is 305 g/mol. The number of nitrogen functional groups attached to an aromatic ring is 1. The van der Waals surface area contributed by atoms with Crippen molar-refractivity contribution < 1.29 is 14.3 Å². The van der Waals surface area contributed by atoms with Crippen LogP contribution in [0.4, 0.5) is 5.69 Å². The molecule has 2 N–H and O–H groups in total. The minimum Gasteiger partial charge on any atom is -0.491 e. The molecule has 0 bridgehead atoms. The standard InChI is InChI=1S/C16H19NO3S/c1-9(2)20-12-7-5-6-11(8-12)14-10(3)13(17)15(21-14)16(18)19-4/h5-9H,17H2,1-4H3. The van der Waals surface area contributed by atoms with Crippen LogP contribution in [0.2, 0.25) is 0 Å². The first kappa shape index (κ1) is 15.4. The minimum absolute atomic E-state index is 0.111. The second kappa shape index (κ2) is 6.18. The predicted octanol–water partition coefficient (Wildman–Crippen LogP) is 3.88. The fraction of sp³-hybridized carbons (Fsp3) is 0.312. The van der Waals surface area contributed by atoms with Gasteiger partial charge in [-0.3, -0.25) is 0 Å². The molecule has 0 amide bonds. The molecule has 21 heavy (non-hydrogen) atoms. The first-order valence-corrected chi connectivity index (χ1v) is 7.50. The Labute approximate surface area is 128 Å². The number of benzene rings is 1. The fourth-order valence-corrected chi connectivity index (χ4v) is 3.17. The van der Waals surface area contributed by atoms with Crippen molar-refractivity contribution in [2.75, 3.05) is 12.8 Å². The third kappa shape index (κ3) is 3.19. The van der Waals surface area contributed by atoms with Crippen molar-refractivity contribution in [3.8, 4) is 16.2 Å². The number of esters is 1. The maximum absolute atomic E-state index is 11.7. The van der Waals surface area contributed by atoms with E-state index in [1.54, 1.807) is 0 Å². The van der Waals surface area contributed by atoms with E-state index in [1.165, 1.54) is 18.4 Å². The summed E-state index contributed by atoms with van der Waals surface area (Å²) in [6, 6.07) is 7.78. The maximum atomic E-state index is 11.7. The van der Waals surface area contributed by atoms with Gasteiger partial charge in [0, 0.05) is 4.88 Å². The van der Waals surface area contributed by atoms with Crippen LogP contribution < -0.4 is 10.5 Å². The van der Waals surface area contributed by atoms with E-state index in [4.69, 9.17) is 15.2 Å². The van der Waals surface area contributed by atoms with E-state index in [-0.39, 0.29) is 6.10 Å². The molecule has 1 aromatic carbocycles. The van der Waals surface area contributed by atoms with Gasteiger partial charge in [-0.05, 0) is 44.0 Å². The molecule has 4 nitrogen and oxygen atoms in total. The van der Waals surface area contributed by atoms with E-state index in [0.717, 1.165) is 21.8 Å². The SMILES string of the molecule is COC(=O)c1sc(-c2cccc(OC(C)C)c2)c(C)c1N. The molecule has 0 unspecified atom stereocenters. The molecule has 0 aliphatic heterocycles. The molecule has 112 valence electrons.